The first-order chi connectivity index (χ1) is 7.13. The van der Waals surface area contributed by atoms with Gasteiger partial charge in [-0.15, -0.1) is 10.2 Å². The first-order valence-electron chi connectivity index (χ1n) is 3.94. The molecule has 0 saturated carbocycles. The molecule has 15 heavy (non-hydrogen) atoms. The van der Waals surface area contributed by atoms with Crippen molar-refractivity contribution in [2.24, 2.45) is 0 Å². The molecule has 0 aliphatic carbocycles. The third kappa shape index (κ3) is 4.08. The zero-order valence-corrected chi connectivity index (χ0v) is 9.41. The summed E-state index contributed by atoms with van der Waals surface area (Å²) >= 11 is 2.05. The Kier molecular flexibility index (Phi) is 4.89. The average molecular weight is 254 g/mol. The minimum Gasteiger partial charge on any atom is -0.469 e. The summed E-state index contributed by atoms with van der Waals surface area (Å²) < 4.78 is 29.1. The Hall–Kier alpha value is -0.760. The lowest BCUT2D eigenvalue weighted by Gasteiger charge is -1.95. The van der Waals surface area contributed by atoms with E-state index in [-0.39, 0.29) is 17.4 Å². The van der Waals surface area contributed by atoms with Gasteiger partial charge >= 0.3 is 5.97 Å². The first kappa shape index (κ1) is 12.3. The lowest BCUT2D eigenvalue weighted by Crippen LogP contribution is -2.00. The van der Waals surface area contributed by atoms with Gasteiger partial charge in [0.15, 0.2) is 9.35 Å². The highest BCUT2D eigenvalue weighted by atomic mass is 32.2. The Balaban J connectivity index is 2.34. The van der Waals surface area contributed by atoms with Gasteiger partial charge in [0.05, 0.1) is 13.5 Å². The second kappa shape index (κ2) is 5.96. The zero-order chi connectivity index (χ0) is 11.3. The van der Waals surface area contributed by atoms with Gasteiger partial charge in [0.1, 0.15) is 0 Å². The summed E-state index contributed by atoms with van der Waals surface area (Å²) in [5.74, 6) is 0.117. The molecule has 8 heteroatoms. The van der Waals surface area contributed by atoms with Crippen LogP contribution in [0, 0.1) is 0 Å². The first-order valence-corrected chi connectivity index (χ1v) is 5.75. The fourth-order valence-corrected chi connectivity index (χ4v) is 2.41. The molecule has 0 unspecified atom stereocenters. The number of halogens is 2. The van der Waals surface area contributed by atoms with Crippen molar-refractivity contribution in [3.63, 3.8) is 0 Å². The summed E-state index contributed by atoms with van der Waals surface area (Å²) in [6.07, 6.45) is -2.36. The van der Waals surface area contributed by atoms with Crippen molar-refractivity contribution in [1.29, 1.82) is 0 Å². The van der Waals surface area contributed by atoms with Crippen molar-refractivity contribution >= 4 is 29.1 Å². The van der Waals surface area contributed by atoms with E-state index in [0.29, 0.717) is 10.1 Å². The van der Waals surface area contributed by atoms with E-state index in [1.54, 1.807) is 0 Å². The third-order valence-electron chi connectivity index (χ3n) is 1.37. The molecule has 0 spiro atoms. The normalized spacial score (nSPS) is 10.7. The Bertz CT molecular complexity index is 333. The summed E-state index contributed by atoms with van der Waals surface area (Å²) in [4.78, 5) is 10.7. The van der Waals surface area contributed by atoms with Crippen LogP contribution in [0.3, 0.4) is 0 Å². The minimum absolute atomic E-state index is 0.227. The van der Waals surface area contributed by atoms with Crippen LogP contribution in [-0.2, 0) is 9.53 Å². The quantitative estimate of drug-likeness (QED) is 0.595. The standard InChI is InChI=1S/C7H8F2N2O2S2/c1-13-4(12)2-3-14-7-11-10-6(15-7)5(8)9/h5H,2-3H2,1H3. The van der Waals surface area contributed by atoms with Crippen LogP contribution in [0.1, 0.15) is 17.9 Å². The lowest BCUT2D eigenvalue weighted by molar-refractivity contribution is -0.140. The van der Waals surface area contributed by atoms with Crippen molar-refractivity contribution in [2.45, 2.75) is 17.2 Å². The van der Waals surface area contributed by atoms with Gasteiger partial charge in [-0.05, 0) is 0 Å². The summed E-state index contributed by atoms with van der Waals surface area (Å²) in [5.41, 5.74) is 0. The van der Waals surface area contributed by atoms with Gasteiger partial charge in [0, 0.05) is 5.75 Å². The van der Waals surface area contributed by atoms with E-state index in [2.05, 4.69) is 14.9 Å². The molecule has 0 radical (unpaired) electrons. The number of nitrogens with zero attached hydrogens (tertiary/aromatic N) is 2. The Morgan fingerprint density at radius 2 is 2.33 bits per heavy atom. The molecule has 0 fully saturated rings. The van der Waals surface area contributed by atoms with Crippen molar-refractivity contribution in [3.05, 3.63) is 5.01 Å². The molecule has 0 bridgehead atoms. The Morgan fingerprint density at radius 3 is 2.87 bits per heavy atom. The van der Waals surface area contributed by atoms with E-state index in [1.165, 1.54) is 18.9 Å². The molecule has 0 aromatic carbocycles. The van der Waals surface area contributed by atoms with Crippen LogP contribution in [0.4, 0.5) is 8.78 Å². The van der Waals surface area contributed by atoms with Crippen LogP contribution in [-0.4, -0.2) is 29.0 Å². The molecule has 1 aromatic heterocycles. The molecule has 0 aliphatic rings. The predicted molar refractivity (Wildman–Crippen MR) is 52.2 cm³/mol. The second-order valence-electron chi connectivity index (χ2n) is 2.38. The highest BCUT2D eigenvalue weighted by molar-refractivity contribution is 8.01. The van der Waals surface area contributed by atoms with E-state index in [4.69, 9.17) is 0 Å². The van der Waals surface area contributed by atoms with Crippen LogP contribution >= 0.6 is 23.1 Å². The number of methoxy groups -OCH3 is 1. The number of ether oxygens (including phenoxy) is 1. The average Bonchev–Trinajstić information content (AvgIpc) is 2.66. The molecule has 0 saturated heterocycles. The molecule has 84 valence electrons. The van der Waals surface area contributed by atoms with Crippen molar-refractivity contribution in [3.8, 4) is 0 Å². The van der Waals surface area contributed by atoms with Crippen LogP contribution in [0.15, 0.2) is 4.34 Å². The van der Waals surface area contributed by atoms with Gasteiger partial charge in [-0.25, -0.2) is 8.78 Å². The fraction of sp³-hybridized carbons (Fsp3) is 0.571. The van der Waals surface area contributed by atoms with Crippen LogP contribution in [0.5, 0.6) is 0 Å². The van der Waals surface area contributed by atoms with Crippen molar-refractivity contribution in [1.82, 2.24) is 10.2 Å². The highest BCUT2D eigenvalue weighted by Gasteiger charge is 2.14. The molecular weight excluding hydrogens is 246 g/mol. The van der Waals surface area contributed by atoms with Gasteiger partial charge in [0.2, 0.25) is 0 Å². The third-order valence-corrected chi connectivity index (χ3v) is 3.43. The number of hydrogen-bond donors (Lipinski definition) is 0. The number of rotatable bonds is 5. The summed E-state index contributed by atoms with van der Waals surface area (Å²) in [5, 5.41) is 6.58. The maximum absolute atomic E-state index is 12.1. The van der Waals surface area contributed by atoms with E-state index < -0.39 is 6.43 Å². The van der Waals surface area contributed by atoms with Crippen molar-refractivity contribution < 1.29 is 18.3 Å². The van der Waals surface area contributed by atoms with E-state index in [9.17, 15) is 13.6 Å². The number of alkyl halides is 2. The van der Waals surface area contributed by atoms with Gasteiger partial charge in [-0.1, -0.05) is 23.1 Å². The number of carbonyl (C=O) groups excluding carboxylic acids is 1. The van der Waals surface area contributed by atoms with Gasteiger partial charge in [0.25, 0.3) is 6.43 Å². The molecule has 1 aromatic rings. The second-order valence-corrected chi connectivity index (χ2v) is 4.73. The number of carbonyl (C=O) groups is 1. The maximum atomic E-state index is 12.1. The molecule has 0 N–H and O–H groups in total. The molecular formula is C7H8F2N2O2S2. The number of aromatic nitrogens is 2. The number of hydrogen-bond acceptors (Lipinski definition) is 6. The van der Waals surface area contributed by atoms with Gasteiger partial charge < -0.3 is 4.74 Å². The number of esters is 1. The molecule has 4 nitrogen and oxygen atoms in total. The maximum Gasteiger partial charge on any atom is 0.306 e. The Labute approximate surface area is 93.0 Å². The van der Waals surface area contributed by atoms with Crippen LogP contribution in [0.25, 0.3) is 0 Å². The molecule has 1 rings (SSSR count). The smallest absolute Gasteiger partial charge is 0.306 e. The lowest BCUT2D eigenvalue weighted by atomic mass is 10.5. The van der Waals surface area contributed by atoms with E-state index in [0.717, 1.165) is 11.3 Å². The SMILES string of the molecule is COC(=O)CCSc1nnc(C(F)F)s1. The minimum atomic E-state index is -2.59. The van der Waals surface area contributed by atoms with Gasteiger partial charge in [-0.3, -0.25) is 4.79 Å². The fourth-order valence-electron chi connectivity index (χ4n) is 0.691. The number of thioether (sulfide) groups is 1. The topological polar surface area (TPSA) is 52.1 Å². The summed E-state index contributed by atoms with van der Waals surface area (Å²) in [6.45, 7) is 0. The highest BCUT2D eigenvalue weighted by Crippen LogP contribution is 2.28. The summed E-state index contributed by atoms with van der Waals surface area (Å²) in [7, 11) is 1.30. The van der Waals surface area contributed by atoms with Crippen molar-refractivity contribution in [2.75, 3.05) is 12.9 Å². The largest absolute Gasteiger partial charge is 0.469 e. The Morgan fingerprint density at radius 1 is 1.60 bits per heavy atom. The molecule has 0 atom stereocenters. The predicted octanol–water partition coefficient (Wildman–Crippen LogP) is 2.13. The van der Waals surface area contributed by atoms with Crippen LogP contribution < -0.4 is 0 Å². The summed E-state index contributed by atoms with van der Waals surface area (Å²) in [6, 6.07) is 0. The molecule has 0 amide bonds. The van der Waals surface area contributed by atoms with E-state index in [1.807, 2.05) is 0 Å². The molecule has 0 aliphatic heterocycles. The zero-order valence-electron chi connectivity index (χ0n) is 7.77. The van der Waals surface area contributed by atoms with Crippen LogP contribution in [0.2, 0.25) is 0 Å². The molecule has 1 heterocycles. The van der Waals surface area contributed by atoms with E-state index >= 15 is 0 Å². The monoisotopic (exact) mass is 254 g/mol. The van der Waals surface area contributed by atoms with Gasteiger partial charge in [-0.2, -0.15) is 0 Å².